The second-order valence-corrected chi connectivity index (χ2v) is 13.8. The Morgan fingerprint density at radius 1 is 1.27 bits per heavy atom. The number of carbonyl (C=O) groups is 1. The van der Waals surface area contributed by atoms with E-state index in [2.05, 4.69) is 20.0 Å². The number of nitrogens with zero attached hydrogens (tertiary/aromatic N) is 3. The Bertz CT molecular complexity index is 1830. The number of alkyl halides is 3. The number of benzene rings is 2. The smallest absolute Gasteiger partial charge is 0.323 e. The number of aromatic amines is 1. The first-order valence-corrected chi connectivity index (χ1v) is 16.3. The van der Waals surface area contributed by atoms with Crippen LogP contribution in [0.3, 0.4) is 0 Å². The van der Waals surface area contributed by atoms with Crippen LogP contribution in [0.15, 0.2) is 53.6 Å². The second-order valence-electron chi connectivity index (χ2n) is 10.6. The maximum Gasteiger partial charge on any atom is 0.323 e. The third kappa shape index (κ3) is 6.55. The molecule has 0 bridgehead atoms. The third-order valence-corrected chi connectivity index (χ3v) is 9.45. The molecular formula is C27H30F3N6O7PS. The van der Waals surface area contributed by atoms with Crippen LogP contribution >= 0.6 is 6.64 Å². The van der Waals surface area contributed by atoms with Gasteiger partial charge in [-0.3, -0.25) is 19.1 Å². The molecule has 1 aliphatic heterocycles. The van der Waals surface area contributed by atoms with Crippen molar-refractivity contribution in [2.75, 3.05) is 12.3 Å². The molecule has 45 heavy (non-hydrogen) atoms. The molecule has 1 aliphatic rings. The summed E-state index contributed by atoms with van der Waals surface area (Å²) in [7, 11) is 0. The molecule has 6 atom stereocenters. The minimum Gasteiger partial charge on any atom is -0.462 e. The van der Waals surface area contributed by atoms with Crippen LogP contribution in [0.25, 0.3) is 21.9 Å². The first kappa shape index (κ1) is 32.8. The number of carbonyl (C=O) groups excluding carboxylic acids is 1. The first-order valence-electron chi connectivity index (χ1n) is 13.6. The van der Waals surface area contributed by atoms with Crippen molar-refractivity contribution < 1.29 is 41.6 Å². The monoisotopic (exact) mass is 670 g/mol. The highest BCUT2D eigenvalue weighted by molar-refractivity contribution is 8.09. The zero-order chi connectivity index (χ0) is 32.7. The quantitative estimate of drug-likeness (QED) is 0.136. The lowest BCUT2D eigenvalue weighted by atomic mass is 9.97. The summed E-state index contributed by atoms with van der Waals surface area (Å²) in [4.78, 5) is 34.8. The van der Waals surface area contributed by atoms with E-state index in [1.165, 1.54) is 6.92 Å². The molecule has 242 valence electrons. The molecule has 1 fully saturated rings. The van der Waals surface area contributed by atoms with Gasteiger partial charge in [-0.1, -0.05) is 30.3 Å². The van der Waals surface area contributed by atoms with Crippen molar-refractivity contribution in [2.45, 2.75) is 63.4 Å². The number of rotatable bonds is 11. The van der Waals surface area contributed by atoms with E-state index in [0.29, 0.717) is 0 Å². The highest BCUT2D eigenvalue weighted by atomic mass is 32.5. The van der Waals surface area contributed by atoms with E-state index in [-0.39, 0.29) is 22.9 Å². The van der Waals surface area contributed by atoms with Gasteiger partial charge >= 0.3 is 12.6 Å². The number of aliphatic hydroxyl groups excluding tert-OH is 1. The number of fused-ring (bicyclic) bond motifs is 2. The lowest BCUT2D eigenvalue weighted by Gasteiger charge is -2.34. The number of hydrogen-bond acceptors (Lipinski definition) is 11. The van der Waals surface area contributed by atoms with Crippen molar-refractivity contribution in [2.24, 2.45) is 0 Å². The number of aliphatic hydroxyl groups is 1. The first-order chi connectivity index (χ1) is 21.2. The summed E-state index contributed by atoms with van der Waals surface area (Å²) in [6.07, 6.45) is -9.86. The Kier molecular flexibility index (Phi) is 9.22. The number of nitrogens with one attached hydrogen (secondary N) is 2. The highest BCUT2D eigenvalue weighted by Gasteiger charge is 2.62. The molecule has 5 N–H and O–H groups in total. The summed E-state index contributed by atoms with van der Waals surface area (Å²) in [5.74, 6) is -0.870. The molecule has 0 spiro atoms. The van der Waals surface area contributed by atoms with Gasteiger partial charge in [-0.2, -0.15) is 4.98 Å². The van der Waals surface area contributed by atoms with E-state index < -0.39 is 67.5 Å². The molecule has 4 aromatic rings. The van der Waals surface area contributed by atoms with Gasteiger partial charge in [-0.25, -0.2) is 23.2 Å². The summed E-state index contributed by atoms with van der Waals surface area (Å²) in [5, 5.41) is 15.2. The van der Waals surface area contributed by atoms with Crippen molar-refractivity contribution in [1.29, 1.82) is 0 Å². The lowest BCUT2D eigenvalue weighted by molar-refractivity contribution is -0.191. The van der Waals surface area contributed by atoms with Crippen LogP contribution in [0.5, 0.6) is 5.75 Å². The number of esters is 1. The fourth-order valence-corrected chi connectivity index (χ4v) is 7.16. The third-order valence-electron chi connectivity index (χ3n) is 6.97. The van der Waals surface area contributed by atoms with E-state index in [9.17, 15) is 23.5 Å². The van der Waals surface area contributed by atoms with Crippen molar-refractivity contribution in [3.63, 3.8) is 0 Å². The number of halogens is 3. The number of nitrogens with two attached hydrogens (primary N) is 1. The number of aromatic nitrogens is 4. The molecule has 18 heteroatoms. The molecule has 2 aromatic carbocycles. The topological polar surface area (TPSA) is 176 Å². The normalized spacial score (nSPS) is 23.9. The van der Waals surface area contributed by atoms with Crippen LogP contribution in [-0.2, 0) is 30.6 Å². The van der Waals surface area contributed by atoms with Gasteiger partial charge in [-0.05, 0) is 55.5 Å². The van der Waals surface area contributed by atoms with Gasteiger partial charge in [0.05, 0.1) is 19.0 Å². The van der Waals surface area contributed by atoms with Gasteiger partial charge in [0.2, 0.25) is 5.95 Å². The lowest BCUT2D eigenvalue weighted by Crippen LogP contribution is -2.52. The van der Waals surface area contributed by atoms with E-state index in [1.807, 2.05) is 18.2 Å². The van der Waals surface area contributed by atoms with Gasteiger partial charge in [0.25, 0.3) is 12.0 Å². The predicted molar refractivity (Wildman–Crippen MR) is 161 cm³/mol. The fourth-order valence-electron chi connectivity index (χ4n) is 4.75. The van der Waals surface area contributed by atoms with Gasteiger partial charge in [0.1, 0.15) is 17.9 Å². The largest absolute Gasteiger partial charge is 0.462 e. The van der Waals surface area contributed by atoms with Crippen LogP contribution in [0.2, 0.25) is 0 Å². The number of ether oxygens (including phenoxy) is 2. The van der Waals surface area contributed by atoms with Gasteiger partial charge in [0.15, 0.2) is 29.2 Å². The molecule has 2 aromatic heterocycles. The second kappa shape index (κ2) is 12.7. The number of H-pyrrole nitrogens is 1. The zero-order valence-corrected chi connectivity index (χ0v) is 25.8. The Labute approximate surface area is 259 Å². The summed E-state index contributed by atoms with van der Waals surface area (Å²) >= 11 is 5.65. The van der Waals surface area contributed by atoms with E-state index in [4.69, 9.17) is 36.1 Å². The van der Waals surface area contributed by atoms with Crippen LogP contribution < -0.4 is 20.9 Å². The average Bonchev–Trinajstić information content (AvgIpc) is 3.50. The minimum atomic E-state index is -3.94. The predicted octanol–water partition coefficient (Wildman–Crippen LogP) is 3.34. The molecule has 0 aliphatic carbocycles. The summed E-state index contributed by atoms with van der Waals surface area (Å²) in [5.41, 5.74) is 1.35. The standard InChI is InChI=1S/C27H30F3N6O7PS/c1-13(2)41-24(39)14(3)35-44(45,43-17-9-8-15-6-4-5-7-16(15)10-17)40-11-27(25(29)30)20(37)18(28)23(42-27)36-12-32-19-21(36)33-26(31)34-22(19)38/h4-10,12-14,18,20,23,25,37H,11H2,1-3H3,(H,35,45)(H3,31,33,34,38). The summed E-state index contributed by atoms with van der Waals surface area (Å²) in [6, 6.07) is 11.2. The molecule has 3 heterocycles. The Hall–Kier alpha value is -3.60. The van der Waals surface area contributed by atoms with Crippen molar-refractivity contribution in [3.8, 4) is 5.75 Å². The number of anilines is 1. The highest BCUT2D eigenvalue weighted by Crippen LogP contribution is 2.50. The zero-order valence-electron chi connectivity index (χ0n) is 24.1. The molecular weight excluding hydrogens is 640 g/mol. The summed E-state index contributed by atoms with van der Waals surface area (Å²) < 4.78 is 68.5. The number of hydrogen-bond donors (Lipinski definition) is 4. The van der Waals surface area contributed by atoms with Crippen molar-refractivity contribution in [1.82, 2.24) is 24.6 Å². The molecule has 13 nitrogen and oxygen atoms in total. The van der Waals surface area contributed by atoms with Crippen LogP contribution in [0, 0.1) is 0 Å². The fraction of sp³-hybridized carbons (Fsp3) is 0.407. The summed E-state index contributed by atoms with van der Waals surface area (Å²) in [6.45, 7) is -0.417. The number of imidazole rings is 1. The van der Waals surface area contributed by atoms with E-state index in [1.54, 1.807) is 38.1 Å². The molecule has 0 amide bonds. The Balaban J connectivity index is 1.46. The van der Waals surface area contributed by atoms with Gasteiger partial charge < -0.3 is 29.4 Å². The van der Waals surface area contributed by atoms with E-state index >= 15 is 4.39 Å². The molecule has 5 rings (SSSR count). The maximum absolute atomic E-state index is 15.6. The number of nitrogen functional groups attached to an aromatic ring is 1. The van der Waals surface area contributed by atoms with Crippen molar-refractivity contribution in [3.05, 3.63) is 59.1 Å². The molecule has 6 unspecified atom stereocenters. The maximum atomic E-state index is 15.6. The molecule has 0 saturated carbocycles. The Morgan fingerprint density at radius 3 is 2.67 bits per heavy atom. The average molecular weight is 671 g/mol. The van der Waals surface area contributed by atoms with Gasteiger partial charge in [0, 0.05) is 0 Å². The molecule has 0 radical (unpaired) electrons. The van der Waals surface area contributed by atoms with Crippen LogP contribution in [0.1, 0.15) is 27.0 Å². The van der Waals surface area contributed by atoms with Crippen LogP contribution in [-0.4, -0.2) is 73.6 Å². The minimum absolute atomic E-state index is 0.188. The van der Waals surface area contributed by atoms with Crippen molar-refractivity contribution >= 4 is 52.3 Å². The van der Waals surface area contributed by atoms with Gasteiger partial charge in [-0.15, -0.1) is 0 Å². The molecule has 1 saturated heterocycles. The Morgan fingerprint density at radius 2 is 1.98 bits per heavy atom. The van der Waals surface area contributed by atoms with Crippen LogP contribution in [0.4, 0.5) is 19.1 Å². The van der Waals surface area contributed by atoms with E-state index in [0.717, 1.165) is 21.7 Å². The SMILES string of the molecule is CC(C)OC(=O)C(C)NP(=S)(OCC1(C(F)F)OC(n2cnc3c(=O)[nH]c(N)nc32)C(F)C1O)Oc1ccc2ccccc2c1.